The highest BCUT2D eigenvalue weighted by Gasteiger charge is 2.31. The highest BCUT2D eigenvalue weighted by Crippen LogP contribution is 2.07. The quantitative estimate of drug-likeness (QED) is 0.381. The Hall–Kier alpha value is -2.05. The van der Waals surface area contributed by atoms with Gasteiger partial charge < -0.3 is 0 Å². The fourth-order valence-electron chi connectivity index (χ4n) is 0.770. The van der Waals surface area contributed by atoms with Gasteiger partial charge in [-0.05, 0) is 26.0 Å². The molecule has 76 valence electrons. The predicted octanol–water partition coefficient (Wildman–Crippen LogP) is 0.916. The molecule has 14 heavy (non-hydrogen) atoms. The molecule has 0 aliphatic carbocycles. The molecule has 0 atom stereocenters. The third-order valence-electron chi connectivity index (χ3n) is 1.41. The summed E-state index contributed by atoms with van der Waals surface area (Å²) in [5, 5.41) is 20.6. The Morgan fingerprint density at radius 3 is 1.43 bits per heavy atom. The van der Waals surface area contributed by atoms with E-state index in [1.165, 1.54) is 13.8 Å². The van der Waals surface area contributed by atoms with Crippen LogP contribution in [-0.4, -0.2) is 15.6 Å². The number of Topliss-reactive ketones (excluding diaryl/α,β-unsaturated/α-hetero) is 1. The molecule has 0 saturated carbocycles. The van der Waals surface area contributed by atoms with Gasteiger partial charge in [0, 0.05) is 0 Å². The Morgan fingerprint density at radius 1 is 1.00 bits per heavy atom. The van der Waals surface area contributed by atoms with Gasteiger partial charge in [0.25, 0.3) is 0 Å². The second-order valence-electron chi connectivity index (χ2n) is 2.19. The standard InChI is InChI=1S/C7H8N2O5/c1-3-5(8(11)12)7(10)6(4-2)9(13)14/h3-4H,1-2H3/b5-3+,6-4+. The van der Waals surface area contributed by atoms with Gasteiger partial charge in [-0.1, -0.05) is 0 Å². The maximum absolute atomic E-state index is 11.2. The molecule has 0 unspecified atom stereocenters. The van der Waals surface area contributed by atoms with E-state index in [0.29, 0.717) is 0 Å². The number of rotatable bonds is 4. The summed E-state index contributed by atoms with van der Waals surface area (Å²) in [6.07, 6.45) is 1.85. The lowest BCUT2D eigenvalue weighted by Crippen LogP contribution is -2.18. The number of hydrogen-bond acceptors (Lipinski definition) is 5. The first-order valence-corrected chi connectivity index (χ1v) is 3.61. The molecule has 0 amide bonds. The molecule has 0 N–H and O–H groups in total. The second-order valence-corrected chi connectivity index (χ2v) is 2.19. The minimum absolute atomic E-state index is 0.796. The highest BCUT2D eigenvalue weighted by molar-refractivity contribution is 6.04. The Labute approximate surface area is 79.0 Å². The van der Waals surface area contributed by atoms with Crippen molar-refractivity contribution in [2.75, 3.05) is 0 Å². The molecule has 0 rings (SSSR count). The van der Waals surface area contributed by atoms with Crippen molar-refractivity contribution in [3.8, 4) is 0 Å². The molecule has 7 heteroatoms. The summed E-state index contributed by atoms with van der Waals surface area (Å²) in [6.45, 7) is 2.53. The molecule has 0 saturated heterocycles. The SMILES string of the molecule is C/C=C(\C(=O)/C(=C\C)[N+](=O)[O-])[N+](=O)[O-]. The summed E-state index contributed by atoms with van der Waals surface area (Å²) in [5.74, 6) is -1.19. The lowest BCUT2D eigenvalue weighted by Gasteiger charge is -1.94. The average Bonchev–Trinajstić information content (AvgIpc) is 2.04. The smallest absolute Gasteiger partial charge is 0.274 e. The number of carbonyl (C=O) groups is 1. The van der Waals surface area contributed by atoms with Crippen molar-refractivity contribution in [3.05, 3.63) is 43.8 Å². The van der Waals surface area contributed by atoms with Crippen LogP contribution in [0.2, 0.25) is 0 Å². The monoisotopic (exact) mass is 200 g/mol. The van der Waals surface area contributed by atoms with Crippen molar-refractivity contribution >= 4 is 5.78 Å². The minimum atomic E-state index is -1.19. The van der Waals surface area contributed by atoms with Crippen LogP contribution in [-0.2, 0) is 4.79 Å². The second kappa shape index (κ2) is 4.85. The van der Waals surface area contributed by atoms with Gasteiger partial charge in [0.05, 0.1) is 9.85 Å². The molecule has 0 aromatic carbocycles. The van der Waals surface area contributed by atoms with Gasteiger partial charge in [-0.3, -0.25) is 25.0 Å². The Morgan fingerprint density at radius 2 is 1.29 bits per heavy atom. The number of nitro groups is 2. The van der Waals surface area contributed by atoms with Crippen LogP contribution in [0.3, 0.4) is 0 Å². The summed E-state index contributed by atoms with van der Waals surface area (Å²) in [7, 11) is 0. The summed E-state index contributed by atoms with van der Waals surface area (Å²) in [6, 6.07) is 0. The van der Waals surface area contributed by atoms with Gasteiger partial charge in [-0.25, -0.2) is 0 Å². The van der Waals surface area contributed by atoms with Gasteiger partial charge >= 0.3 is 17.2 Å². The number of hydrogen-bond donors (Lipinski definition) is 0. The van der Waals surface area contributed by atoms with Crippen molar-refractivity contribution in [2.24, 2.45) is 0 Å². The number of carbonyl (C=O) groups excluding carboxylic acids is 1. The van der Waals surface area contributed by atoms with E-state index in [1.54, 1.807) is 0 Å². The van der Waals surface area contributed by atoms with Crippen LogP contribution >= 0.6 is 0 Å². The normalized spacial score (nSPS) is 12.4. The maximum atomic E-state index is 11.2. The number of ketones is 1. The van der Waals surface area contributed by atoms with E-state index in [1.807, 2.05) is 0 Å². The summed E-state index contributed by atoms with van der Waals surface area (Å²) in [5.41, 5.74) is -1.59. The van der Waals surface area contributed by atoms with E-state index in [-0.39, 0.29) is 0 Å². The average molecular weight is 200 g/mol. The van der Waals surface area contributed by atoms with Gasteiger partial charge in [0.15, 0.2) is 0 Å². The van der Waals surface area contributed by atoms with E-state index in [9.17, 15) is 25.0 Å². The molecule has 0 fully saturated rings. The highest BCUT2D eigenvalue weighted by atomic mass is 16.6. The zero-order valence-corrected chi connectivity index (χ0v) is 7.59. The van der Waals surface area contributed by atoms with E-state index < -0.39 is 27.0 Å². The zero-order chi connectivity index (χ0) is 11.3. The van der Waals surface area contributed by atoms with E-state index in [2.05, 4.69) is 0 Å². The van der Waals surface area contributed by atoms with Gasteiger partial charge in [-0.15, -0.1) is 0 Å². The Balaban J connectivity index is 5.14. The van der Waals surface area contributed by atoms with Crippen LogP contribution in [0.1, 0.15) is 13.8 Å². The molecule has 0 radical (unpaired) electrons. The molecule has 0 aromatic heterocycles. The predicted molar refractivity (Wildman–Crippen MR) is 46.5 cm³/mol. The minimum Gasteiger partial charge on any atom is -0.274 e. The Kier molecular flexibility index (Phi) is 4.14. The van der Waals surface area contributed by atoms with Crippen molar-refractivity contribution < 1.29 is 14.6 Å². The molecule has 0 bridgehead atoms. The summed E-state index contributed by atoms with van der Waals surface area (Å²) < 4.78 is 0. The molecule has 0 aliphatic heterocycles. The molecule has 0 heterocycles. The van der Waals surface area contributed by atoms with Crippen LogP contribution in [0, 0.1) is 20.2 Å². The van der Waals surface area contributed by atoms with E-state index in [0.717, 1.165) is 12.2 Å². The molecule has 7 nitrogen and oxygen atoms in total. The largest absolute Gasteiger partial charge is 0.331 e. The first kappa shape index (κ1) is 11.9. The molecule has 0 spiro atoms. The van der Waals surface area contributed by atoms with Crippen LogP contribution in [0.15, 0.2) is 23.5 Å². The van der Waals surface area contributed by atoms with Crippen LogP contribution < -0.4 is 0 Å². The molecular weight excluding hydrogens is 192 g/mol. The molecule has 0 aromatic rings. The molecular formula is C7H8N2O5. The third-order valence-corrected chi connectivity index (χ3v) is 1.41. The fourth-order valence-corrected chi connectivity index (χ4v) is 0.770. The van der Waals surface area contributed by atoms with Crippen LogP contribution in [0.25, 0.3) is 0 Å². The summed E-state index contributed by atoms with van der Waals surface area (Å²) in [4.78, 5) is 29.8. The zero-order valence-electron chi connectivity index (χ0n) is 7.59. The maximum Gasteiger partial charge on any atom is 0.331 e. The fraction of sp³-hybridized carbons (Fsp3) is 0.286. The first-order valence-electron chi connectivity index (χ1n) is 3.61. The van der Waals surface area contributed by atoms with Crippen molar-refractivity contribution in [1.82, 2.24) is 0 Å². The van der Waals surface area contributed by atoms with Crippen molar-refractivity contribution in [1.29, 1.82) is 0 Å². The summed E-state index contributed by atoms with van der Waals surface area (Å²) >= 11 is 0. The van der Waals surface area contributed by atoms with Gasteiger partial charge in [0.2, 0.25) is 0 Å². The lowest BCUT2D eigenvalue weighted by atomic mass is 10.2. The molecule has 0 aliphatic rings. The van der Waals surface area contributed by atoms with Crippen molar-refractivity contribution in [2.45, 2.75) is 13.8 Å². The van der Waals surface area contributed by atoms with E-state index in [4.69, 9.17) is 0 Å². The van der Waals surface area contributed by atoms with E-state index >= 15 is 0 Å². The van der Waals surface area contributed by atoms with Crippen LogP contribution in [0.4, 0.5) is 0 Å². The number of nitrogens with zero attached hydrogens (tertiary/aromatic N) is 2. The topological polar surface area (TPSA) is 103 Å². The van der Waals surface area contributed by atoms with Crippen LogP contribution in [0.5, 0.6) is 0 Å². The Bertz CT molecular complexity index is 310. The lowest BCUT2D eigenvalue weighted by molar-refractivity contribution is -0.433. The van der Waals surface area contributed by atoms with Gasteiger partial charge in [0.1, 0.15) is 0 Å². The first-order chi connectivity index (χ1) is 6.45. The van der Waals surface area contributed by atoms with Crippen molar-refractivity contribution in [3.63, 3.8) is 0 Å². The van der Waals surface area contributed by atoms with Gasteiger partial charge in [-0.2, -0.15) is 0 Å². The third kappa shape index (κ3) is 2.47. The number of allylic oxidation sites excluding steroid dienone is 2.